The van der Waals surface area contributed by atoms with Gasteiger partial charge in [0.1, 0.15) is 5.82 Å². The lowest BCUT2D eigenvalue weighted by molar-refractivity contribution is 0.606. The summed E-state index contributed by atoms with van der Waals surface area (Å²) in [5.41, 5.74) is 1.88. The second-order valence-electron chi connectivity index (χ2n) is 2.76. The number of halogens is 1. The van der Waals surface area contributed by atoms with E-state index >= 15 is 0 Å². The van der Waals surface area contributed by atoms with Gasteiger partial charge in [-0.25, -0.2) is 4.39 Å². The molecule has 0 unspecified atom stereocenters. The van der Waals surface area contributed by atoms with Crippen LogP contribution in [-0.2, 0) is 13.0 Å². The number of hydrogen-bond donors (Lipinski definition) is 1. The molecule has 0 aromatic heterocycles. The molecule has 66 valence electrons. The van der Waals surface area contributed by atoms with Crippen LogP contribution >= 0.6 is 0 Å². The van der Waals surface area contributed by atoms with Crippen molar-refractivity contribution < 1.29 is 4.39 Å². The Hall–Kier alpha value is -0.890. The molecule has 0 saturated heterocycles. The van der Waals surface area contributed by atoms with Crippen molar-refractivity contribution in [2.75, 3.05) is 7.05 Å². The fraction of sp³-hybridized carbons (Fsp3) is 0.400. The van der Waals surface area contributed by atoms with Crippen molar-refractivity contribution in [3.05, 3.63) is 35.1 Å². The number of rotatable bonds is 3. The summed E-state index contributed by atoms with van der Waals surface area (Å²) < 4.78 is 13.1. The average molecular weight is 167 g/mol. The van der Waals surface area contributed by atoms with Gasteiger partial charge in [0.2, 0.25) is 0 Å². The molecule has 0 fully saturated rings. The lowest BCUT2D eigenvalue weighted by atomic mass is 10.0. The van der Waals surface area contributed by atoms with Gasteiger partial charge in [-0.05, 0) is 30.7 Å². The first-order valence-electron chi connectivity index (χ1n) is 4.20. The third-order valence-electron chi connectivity index (χ3n) is 1.94. The first-order valence-corrected chi connectivity index (χ1v) is 4.20. The second kappa shape index (κ2) is 4.21. The number of hydrogen-bond acceptors (Lipinski definition) is 1. The highest BCUT2D eigenvalue weighted by Gasteiger charge is 2.04. The van der Waals surface area contributed by atoms with Gasteiger partial charge in [0.15, 0.2) is 0 Å². The van der Waals surface area contributed by atoms with Crippen molar-refractivity contribution in [2.24, 2.45) is 0 Å². The van der Waals surface area contributed by atoms with Crippen LogP contribution in [0.5, 0.6) is 0 Å². The summed E-state index contributed by atoms with van der Waals surface area (Å²) in [4.78, 5) is 0. The van der Waals surface area contributed by atoms with E-state index in [4.69, 9.17) is 0 Å². The Kier molecular flexibility index (Phi) is 3.23. The molecule has 1 aromatic rings. The summed E-state index contributed by atoms with van der Waals surface area (Å²) in [7, 11) is 1.87. The molecule has 1 rings (SSSR count). The molecule has 0 saturated carbocycles. The summed E-state index contributed by atoms with van der Waals surface area (Å²) in [6.07, 6.45) is 0.754. The van der Waals surface area contributed by atoms with E-state index in [-0.39, 0.29) is 5.82 Å². The van der Waals surface area contributed by atoms with Crippen LogP contribution in [0.15, 0.2) is 18.2 Å². The van der Waals surface area contributed by atoms with E-state index in [9.17, 15) is 4.39 Å². The molecule has 0 atom stereocenters. The van der Waals surface area contributed by atoms with Crippen molar-refractivity contribution in [1.82, 2.24) is 5.32 Å². The molecule has 0 aliphatic rings. The van der Waals surface area contributed by atoms with Crippen molar-refractivity contribution >= 4 is 0 Å². The monoisotopic (exact) mass is 167 g/mol. The maximum atomic E-state index is 13.1. The molecule has 0 bridgehead atoms. The molecule has 0 heterocycles. The number of nitrogens with one attached hydrogen (secondary N) is 1. The normalized spacial score (nSPS) is 10.2. The summed E-state index contributed by atoms with van der Waals surface area (Å²) >= 11 is 0. The van der Waals surface area contributed by atoms with Gasteiger partial charge in [-0.1, -0.05) is 19.1 Å². The van der Waals surface area contributed by atoms with Crippen molar-refractivity contribution in [1.29, 1.82) is 0 Å². The fourth-order valence-electron chi connectivity index (χ4n) is 1.36. The van der Waals surface area contributed by atoms with Crippen LogP contribution < -0.4 is 5.32 Å². The van der Waals surface area contributed by atoms with Crippen molar-refractivity contribution in [2.45, 2.75) is 19.9 Å². The summed E-state index contributed by atoms with van der Waals surface area (Å²) in [6, 6.07) is 5.22. The highest BCUT2D eigenvalue weighted by molar-refractivity contribution is 5.28. The van der Waals surface area contributed by atoms with Gasteiger partial charge in [0.25, 0.3) is 0 Å². The summed E-state index contributed by atoms with van der Waals surface area (Å²) in [5, 5.41) is 3.02. The van der Waals surface area contributed by atoms with Crippen LogP contribution in [0.2, 0.25) is 0 Å². The highest BCUT2D eigenvalue weighted by Crippen LogP contribution is 2.13. The lowest BCUT2D eigenvalue weighted by Gasteiger charge is -2.07. The van der Waals surface area contributed by atoms with E-state index in [1.807, 2.05) is 20.0 Å². The first kappa shape index (κ1) is 9.20. The Morgan fingerprint density at radius 3 is 2.75 bits per heavy atom. The van der Waals surface area contributed by atoms with Crippen LogP contribution in [0.25, 0.3) is 0 Å². The average Bonchev–Trinajstić information content (AvgIpc) is 2.05. The summed E-state index contributed by atoms with van der Waals surface area (Å²) in [6.45, 7) is 2.71. The topological polar surface area (TPSA) is 12.0 Å². The predicted octanol–water partition coefficient (Wildman–Crippen LogP) is 2.11. The first-order chi connectivity index (χ1) is 5.79. The minimum atomic E-state index is -0.0924. The minimum Gasteiger partial charge on any atom is -0.316 e. The van der Waals surface area contributed by atoms with Crippen LogP contribution in [0, 0.1) is 5.82 Å². The molecule has 1 aromatic carbocycles. The molecular weight excluding hydrogens is 153 g/mol. The van der Waals surface area contributed by atoms with Crippen LogP contribution in [-0.4, -0.2) is 7.05 Å². The molecule has 12 heavy (non-hydrogen) atoms. The second-order valence-corrected chi connectivity index (χ2v) is 2.76. The molecule has 0 radical (unpaired) electrons. The smallest absolute Gasteiger partial charge is 0.126 e. The Morgan fingerprint density at radius 1 is 1.42 bits per heavy atom. The van der Waals surface area contributed by atoms with Crippen LogP contribution in [0.3, 0.4) is 0 Å². The van der Waals surface area contributed by atoms with Gasteiger partial charge in [-0.15, -0.1) is 0 Å². The molecule has 2 heteroatoms. The third kappa shape index (κ3) is 1.83. The fourth-order valence-corrected chi connectivity index (χ4v) is 1.36. The minimum absolute atomic E-state index is 0.0924. The van der Waals surface area contributed by atoms with Gasteiger partial charge in [-0.3, -0.25) is 0 Å². The maximum absolute atomic E-state index is 13.1. The van der Waals surface area contributed by atoms with Crippen molar-refractivity contribution in [3.63, 3.8) is 0 Å². The molecule has 0 amide bonds. The van der Waals surface area contributed by atoms with Gasteiger partial charge >= 0.3 is 0 Å². The van der Waals surface area contributed by atoms with E-state index in [1.165, 1.54) is 6.07 Å². The molecule has 1 N–H and O–H groups in total. The Morgan fingerprint density at radius 2 is 2.17 bits per heavy atom. The third-order valence-corrected chi connectivity index (χ3v) is 1.94. The van der Waals surface area contributed by atoms with Crippen molar-refractivity contribution in [3.8, 4) is 0 Å². The molecular formula is C10H14FN. The number of benzene rings is 1. The van der Waals surface area contributed by atoms with E-state index in [1.54, 1.807) is 6.07 Å². The molecule has 0 aliphatic heterocycles. The van der Waals surface area contributed by atoms with E-state index in [2.05, 4.69) is 5.32 Å². The van der Waals surface area contributed by atoms with E-state index in [0.717, 1.165) is 24.1 Å². The lowest BCUT2D eigenvalue weighted by Crippen LogP contribution is -2.08. The molecule has 0 spiro atoms. The quantitative estimate of drug-likeness (QED) is 0.727. The maximum Gasteiger partial charge on any atom is 0.126 e. The van der Waals surface area contributed by atoms with Gasteiger partial charge < -0.3 is 5.32 Å². The van der Waals surface area contributed by atoms with E-state index < -0.39 is 0 Å². The van der Waals surface area contributed by atoms with Crippen LogP contribution in [0.1, 0.15) is 18.1 Å². The zero-order valence-electron chi connectivity index (χ0n) is 7.52. The predicted molar refractivity (Wildman–Crippen MR) is 48.5 cm³/mol. The van der Waals surface area contributed by atoms with E-state index in [0.29, 0.717) is 0 Å². The highest BCUT2D eigenvalue weighted by atomic mass is 19.1. The Bertz CT molecular complexity index is 258. The molecule has 0 aliphatic carbocycles. The summed E-state index contributed by atoms with van der Waals surface area (Å²) in [5.74, 6) is -0.0924. The standard InChI is InChI=1S/C10H14FN/c1-3-9-8(7-12-2)5-4-6-10(9)11/h4-6,12H,3,7H2,1-2H3. The zero-order chi connectivity index (χ0) is 8.97. The molecule has 1 nitrogen and oxygen atoms in total. The SMILES string of the molecule is CCc1c(F)cccc1CNC. The zero-order valence-corrected chi connectivity index (χ0v) is 7.52. The largest absolute Gasteiger partial charge is 0.316 e. The van der Waals surface area contributed by atoms with Crippen LogP contribution in [0.4, 0.5) is 4.39 Å². The van der Waals surface area contributed by atoms with Gasteiger partial charge in [-0.2, -0.15) is 0 Å². The van der Waals surface area contributed by atoms with Gasteiger partial charge in [0.05, 0.1) is 0 Å². The van der Waals surface area contributed by atoms with Gasteiger partial charge in [0, 0.05) is 6.54 Å². The Balaban J connectivity index is 3.00. The Labute approximate surface area is 72.6 Å².